The van der Waals surface area contributed by atoms with E-state index < -0.39 is 10.0 Å². The van der Waals surface area contributed by atoms with Crippen LogP contribution in [0, 0.1) is 6.92 Å². The Kier molecular flexibility index (Phi) is 7.65. The fraction of sp³-hybridized carbons (Fsp3) is 0.476. The van der Waals surface area contributed by atoms with Gasteiger partial charge in [-0.05, 0) is 44.2 Å². The smallest absolute Gasteiger partial charge is 0.286 e. The lowest BCUT2D eigenvalue weighted by Gasteiger charge is -2.26. The summed E-state index contributed by atoms with van der Waals surface area (Å²) in [5.41, 5.74) is 0.989. The minimum atomic E-state index is -3.63. The van der Waals surface area contributed by atoms with E-state index >= 15 is 0 Å². The van der Waals surface area contributed by atoms with Crippen LogP contribution < -0.4 is 5.32 Å². The third-order valence-electron chi connectivity index (χ3n) is 5.03. The molecule has 1 aromatic heterocycles. The van der Waals surface area contributed by atoms with Crippen molar-refractivity contribution in [3.8, 4) is 0 Å². The van der Waals surface area contributed by atoms with E-state index in [4.69, 9.17) is 9.15 Å². The second-order valence-corrected chi connectivity index (χ2v) is 9.45. The molecule has 0 aliphatic carbocycles. The average molecular weight is 436 g/mol. The molecule has 1 aliphatic heterocycles. The van der Waals surface area contributed by atoms with Crippen molar-refractivity contribution in [3.05, 3.63) is 53.5 Å². The summed E-state index contributed by atoms with van der Waals surface area (Å²) in [4.78, 5) is 14.8. The first-order chi connectivity index (χ1) is 14.4. The Hall–Kier alpha value is -2.20. The summed E-state index contributed by atoms with van der Waals surface area (Å²) in [7, 11) is -2.14. The van der Waals surface area contributed by atoms with Gasteiger partial charge in [-0.2, -0.15) is 4.31 Å². The Morgan fingerprint density at radius 2 is 1.83 bits per heavy atom. The fourth-order valence-corrected chi connectivity index (χ4v) is 4.33. The van der Waals surface area contributed by atoms with Crippen molar-refractivity contribution in [1.29, 1.82) is 0 Å². The minimum absolute atomic E-state index is 0.0422. The van der Waals surface area contributed by atoms with Gasteiger partial charge in [0.2, 0.25) is 10.0 Å². The third-order valence-corrected chi connectivity index (χ3v) is 6.85. The highest BCUT2D eigenvalue weighted by Crippen LogP contribution is 2.18. The first-order valence-corrected chi connectivity index (χ1v) is 11.5. The number of nitrogens with one attached hydrogen (secondary N) is 1. The highest BCUT2D eigenvalue weighted by Gasteiger charge is 2.22. The van der Waals surface area contributed by atoms with Crippen LogP contribution in [0.5, 0.6) is 0 Å². The fourth-order valence-electron chi connectivity index (χ4n) is 3.20. The number of rotatable bonds is 9. The summed E-state index contributed by atoms with van der Waals surface area (Å²) in [6.45, 7) is 6.77. The normalized spacial score (nSPS) is 15.4. The molecular formula is C21H29N3O5S. The molecule has 1 N–H and O–H groups in total. The first kappa shape index (κ1) is 22.5. The van der Waals surface area contributed by atoms with Crippen LogP contribution in [0.15, 0.2) is 45.7 Å². The van der Waals surface area contributed by atoms with Crippen LogP contribution in [-0.2, 0) is 21.3 Å². The van der Waals surface area contributed by atoms with Crippen LogP contribution in [0.25, 0.3) is 0 Å². The minimum Gasteiger partial charge on any atom is -0.455 e. The zero-order valence-electron chi connectivity index (χ0n) is 17.5. The maximum absolute atomic E-state index is 12.7. The Labute approximate surface area is 177 Å². The van der Waals surface area contributed by atoms with E-state index in [1.54, 1.807) is 36.4 Å². The van der Waals surface area contributed by atoms with Gasteiger partial charge in [0.25, 0.3) is 5.91 Å². The van der Waals surface area contributed by atoms with Gasteiger partial charge in [-0.3, -0.25) is 9.69 Å². The van der Waals surface area contributed by atoms with Crippen molar-refractivity contribution in [2.24, 2.45) is 0 Å². The molecule has 1 aliphatic rings. The molecule has 0 atom stereocenters. The maximum atomic E-state index is 12.7. The number of amides is 1. The van der Waals surface area contributed by atoms with Crippen molar-refractivity contribution >= 4 is 15.9 Å². The highest BCUT2D eigenvalue weighted by atomic mass is 32.2. The van der Waals surface area contributed by atoms with E-state index in [2.05, 4.69) is 10.2 Å². The molecule has 0 radical (unpaired) electrons. The van der Waals surface area contributed by atoms with Gasteiger partial charge in [-0.25, -0.2) is 8.42 Å². The van der Waals surface area contributed by atoms with Crippen molar-refractivity contribution in [2.45, 2.75) is 24.8 Å². The summed E-state index contributed by atoms with van der Waals surface area (Å²) in [5.74, 6) is 0.288. The number of carbonyl (C=O) groups excluding carboxylic acids is 1. The second kappa shape index (κ2) is 10.2. The molecule has 0 unspecified atom stereocenters. The molecule has 1 saturated heterocycles. The maximum Gasteiger partial charge on any atom is 0.286 e. The van der Waals surface area contributed by atoms with Crippen LogP contribution in [0.4, 0.5) is 0 Å². The third kappa shape index (κ3) is 5.91. The van der Waals surface area contributed by atoms with E-state index in [-0.39, 0.29) is 23.1 Å². The Morgan fingerprint density at radius 1 is 1.13 bits per heavy atom. The molecule has 0 saturated carbocycles. The monoisotopic (exact) mass is 435 g/mol. The SMILES string of the molecule is Cc1ccc(S(=O)(=O)N(C)Cc2ccc(C(=O)NCCCN3CCOCC3)o2)cc1. The lowest BCUT2D eigenvalue weighted by atomic mass is 10.2. The number of benzene rings is 1. The standard InChI is InChI=1S/C21H29N3O5S/c1-17-4-7-19(8-5-17)30(26,27)23(2)16-18-6-9-20(29-18)21(25)22-10-3-11-24-12-14-28-15-13-24/h4-9H,3,10-16H2,1-2H3,(H,22,25). The molecule has 1 fully saturated rings. The number of hydrogen-bond donors (Lipinski definition) is 1. The number of furan rings is 1. The molecule has 2 aromatic rings. The highest BCUT2D eigenvalue weighted by molar-refractivity contribution is 7.89. The van der Waals surface area contributed by atoms with Crippen molar-refractivity contribution < 1.29 is 22.4 Å². The van der Waals surface area contributed by atoms with Gasteiger partial charge < -0.3 is 14.5 Å². The van der Waals surface area contributed by atoms with Crippen molar-refractivity contribution in [2.75, 3.05) is 46.4 Å². The lowest BCUT2D eigenvalue weighted by molar-refractivity contribution is 0.0374. The predicted octanol–water partition coefficient (Wildman–Crippen LogP) is 1.86. The summed E-state index contributed by atoms with van der Waals surface area (Å²) >= 11 is 0. The van der Waals surface area contributed by atoms with Gasteiger partial charge in [0.05, 0.1) is 24.7 Å². The largest absolute Gasteiger partial charge is 0.455 e. The molecule has 164 valence electrons. The zero-order valence-corrected chi connectivity index (χ0v) is 18.3. The summed E-state index contributed by atoms with van der Waals surface area (Å²) < 4.78 is 37.5. The van der Waals surface area contributed by atoms with Crippen molar-refractivity contribution in [1.82, 2.24) is 14.5 Å². The number of carbonyl (C=O) groups is 1. The number of nitrogens with zero attached hydrogens (tertiary/aromatic N) is 2. The van der Waals surface area contributed by atoms with Gasteiger partial charge >= 0.3 is 0 Å². The first-order valence-electron chi connectivity index (χ1n) is 10.1. The molecule has 1 aromatic carbocycles. The topological polar surface area (TPSA) is 92.1 Å². The molecular weight excluding hydrogens is 406 g/mol. The van der Waals surface area contributed by atoms with Gasteiger partial charge in [-0.1, -0.05) is 17.7 Å². The summed E-state index contributed by atoms with van der Waals surface area (Å²) in [6, 6.07) is 9.88. The number of morpholine rings is 1. The zero-order chi connectivity index (χ0) is 21.6. The van der Waals surface area contributed by atoms with E-state index in [9.17, 15) is 13.2 Å². The van der Waals surface area contributed by atoms with Gasteiger partial charge in [0.15, 0.2) is 5.76 Å². The molecule has 3 rings (SSSR count). The number of aryl methyl sites for hydroxylation is 1. The second-order valence-electron chi connectivity index (χ2n) is 7.40. The van der Waals surface area contributed by atoms with Crippen LogP contribution in [0.3, 0.4) is 0 Å². The molecule has 30 heavy (non-hydrogen) atoms. The van der Waals surface area contributed by atoms with Crippen molar-refractivity contribution in [3.63, 3.8) is 0 Å². The predicted molar refractivity (Wildman–Crippen MR) is 113 cm³/mol. The number of sulfonamides is 1. The van der Waals surface area contributed by atoms with Crippen LogP contribution in [0.1, 0.15) is 28.3 Å². The van der Waals surface area contributed by atoms with Gasteiger partial charge in [-0.15, -0.1) is 0 Å². The number of ether oxygens (including phenoxy) is 1. The molecule has 1 amide bonds. The summed E-state index contributed by atoms with van der Waals surface area (Å²) in [6.07, 6.45) is 0.844. The molecule has 9 heteroatoms. The van der Waals surface area contributed by atoms with Gasteiger partial charge in [0.1, 0.15) is 5.76 Å². The number of hydrogen-bond acceptors (Lipinski definition) is 6. The summed E-state index contributed by atoms with van der Waals surface area (Å²) in [5, 5.41) is 2.84. The Morgan fingerprint density at radius 3 is 2.53 bits per heavy atom. The molecule has 8 nitrogen and oxygen atoms in total. The molecule has 0 spiro atoms. The molecule has 0 bridgehead atoms. The van der Waals surface area contributed by atoms with E-state index in [1.165, 1.54) is 11.4 Å². The van der Waals surface area contributed by atoms with Crippen LogP contribution >= 0.6 is 0 Å². The lowest BCUT2D eigenvalue weighted by Crippen LogP contribution is -2.38. The van der Waals surface area contributed by atoms with E-state index in [1.807, 2.05) is 6.92 Å². The Balaban J connectivity index is 1.48. The average Bonchev–Trinajstić information content (AvgIpc) is 3.21. The van der Waals surface area contributed by atoms with Gasteiger partial charge in [0, 0.05) is 26.7 Å². The van der Waals surface area contributed by atoms with Crippen LogP contribution in [0.2, 0.25) is 0 Å². The molecule has 2 heterocycles. The van der Waals surface area contributed by atoms with E-state index in [0.717, 1.165) is 44.8 Å². The Bertz CT molecular complexity index is 934. The quantitative estimate of drug-likeness (QED) is 0.605. The van der Waals surface area contributed by atoms with E-state index in [0.29, 0.717) is 12.3 Å². The van der Waals surface area contributed by atoms with Crippen LogP contribution in [-0.4, -0.2) is 70.0 Å².